The van der Waals surface area contributed by atoms with Gasteiger partial charge in [0.05, 0.1) is 15.6 Å². The molecular weight excluding hydrogens is 509 g/mol. The summed E-state index contributed by atoms with van der Waals surface area (Å²) >= 11 is 13.7. The zero-order chi connectivity index (χ0) is 24.9. The van der Waals surface area contributed by atoms with Crippen molar-refractivity contribution >= 4 is 45.8 Å². The van der Waals surface area contributed by atoms with Crippen LogP contribution in [0.4, 0.5) is 5.00 Å². The summed E-state index contributed by atoms with van der Waals surface area (Å²) in [6.07, 6.45) is 2.67. The maximum Gasteiger partial charge on any atom is 0.134 e. The average molecular weight is 532 g/mol. The summed E-state index contributed by atoms with van der Waals surface area (Å²) in [5.74, 6) is 0.729. The lowest BCUT2D eigenvalue weighted by Gasteiger charge is -2.26. The Morgan fingerprint density at radius 3 is 2.67 bits per heavy atom. The Morgan fingerprint density at radius 1 is 1.00 bits per heavy atom. The van der Waals surface area contributed by atoms with Crippen molar-refractivity contribution in [2.45, 2.75) is 26.1 Å². The van der Waals surface area contributed by atoms with Crippen LogP contribution >= 0.6 is 34.5 Å². The standard InChI is InChI=1S/C29H23Cl2N3OS/c30-26-10-9-22(14-27(26)31)19-35-23-8-4-7-21(13-23)16-33-29-25(15-32)24-11-12-34(18-28(24)36-29)17-20-5-2-1-3-6-20/h1-10,13-14,16H,11-12,17-19H2. The molecular formula is C29H23Cl2N3OS. The van der Waals surface area contributed by atoms with Crippen LogP contribution in [0.3, 0.4) is 0 Å². The number of hydrogen-bond donors (Lipinski definition) is 0. The van der Waals surface area contributed by atoms with Crippen molar-refractivity contribution in [3.05, 3.63) is 116 Å². The quantitative estimate of drug-likeness (QED) is 0.228. The van der Waals surface area contributed by atoms with E-state index >= 15 is 0 Å². The summed E-state index contributed by atoms with van der Waals surface area (Å²) in [4.78, 5) is 8.37. The lowest BCUT2D eigenvalue weighted by atomic mass is 10.0. The summed E-state index contributed by atoms with van der Waals surface area (Å²) in [5.41, 5.74) is 5.00. The maximum atomic E-state index is 9.85. The van der Waals surface area contributed by atoms with Gasteiger partial charge in [0.2, 0.25) is 0 Å². The van der Waals surface area contributed by atoms with Crippen molar-refractivity contribution in [1.29, 1.82) is 5.26 Å². The van der Waals surface area contributed by atoms with Crippen LogP contribution in [-0.4, -0.2) is 17.7 Å². The van der Waals surface area contributed by atoms with Crippen molar-refractivity contribution < 1.29 is 4.74 Å². The highest BCUT2D eigenvalue weighted by Gasteiger charge is 2.24. The van der Waals surface area contributed by atoms with E-state index in [-0.39, 0.29) is 0 Å². The SMILES string of the molecule is N#Cc1c(N=Cc2cccc(OCc3ccc(Cl)c(Cl)c3)c2)sc2c1CCN(Cc1ccccc1)C2. The van der Waals surface area contributed by atoms with E-state index in [4.69, 9.17) is 32.9 Å². The van der Waals surface area contributed by atoms with Crippen LogP contribution in [0.15, 0.2) is 77.8 Å². The monoisotopic (exact) mass is 531 g/mol. The van der Waals surface area contributed by atoms with Crippen molar-refractivity contribution in [3.8, 4) is 11.8 Å². The second kappa shape index (κ2) is 11.3. The number of fused-ring (bicyclic) bond motifs is 1. The molecule has 0 saturated heterocycles. The van der Waals surface area contributed by atoms with Gasteiger partial charge in [0.1, 0.15) is 23.4 Å². The average Bonchev–Trinajstić information content (AvgIpc) is 3.25. The number of aliphatic imine (C=N–C) groups is 1. The minimum Gasteiger partial charge on any atom is -0.489 e. The van der Waals surface area contributed by atoms with Crippen LogP contribution < -0.4 is 4.74 Å². The molecule has 0 amide bonds. The lowest BCUT2D eigenvalue weighted by Crippen LogP contribution is -2.29. The number of thiophene rings is 1. The van der Waals surface area contributed by atoms with E-state index in [1.807, 2.05) is 36.4 Å². The fourth-order valence-corrected chi connectivity index (χ4v) is 5.74. The molecule has 0 saturated carbocycles. The van der Waals surface area contributed by atoms with Crippen molar-refractivity contribution in [2.75, 3.05) is 6.54 Å². The summed E-state index contributed by atoms with van der Waals surface area (Å²) in [5, 5.41) is 11.7. The van der Waals surface area contributed by atoms with Gasteiger partial charge in [-0.25, -0.2) is 4.99 Å². The van der Waals surface area contributed by atoms with Gasteiger partial charge < -0.3 is 4.74 Å². The molecule has 4 aromatic rings. The molecule has 5 rings (SSSR count). The third kappa shape index (κ3) is 5.80. The van der Waals surface area contributed by atoms with Crippen LogP contribution in [0.25, 0.3) is 0 Å². The number of nitrogens with zero attached hydrogens (tertiary/aromatic N) is 3. The molecule has 1 aromatic heterocycles. The predicted octanol–water partition coefficient (Wildman–Crippen LogP) is 7.81. The Morgan fingerprint density at radius 2 is 1.86 bits per heavy atom. The van der Waals surface area contributed by atoms with E-state index in [0.29, 0.717) is 22.2 Å². The fourth-order valence-electron chi connectivity index (χ4n) is 4.24. The first-order valence-electron chi connectivity index (χ1n) is 11.6. The number of benzene rings is 3. The summed E-state index contributed by atoms with van der Waals surface area (Å²) in [6.45, 7) is 3.08. The van der Waals surface area contributed by atoms with Gasteiger partial charge in [-0.3, -0.25) is 4.90 Å². The van der Waals surface area contributed by atoms with Gasteiger partial charge in [-0.1, -0.05) is 71.7 Å². The van der Waals surface area contributed by atoms with Gasteiger partial charge in [0.15, 0.2) is 0 Å². The Hall–Kier alpha value is -3.14. The van der Waals surface area contributed by atoms with Gasteiger partial charge in [-0.05, 0) is 52.9 Å². The molecule has 0 spiro atoms. The van der Waals surface area contributed by atoms with E-state index in [2.05, 4.69) is 35.2 Å². The Kier molecular flexibility index (Phi) is 7.69. The van der Waals surface area contributed by atoms with Crippen molar-refractivity contribution in [2.24, 2.45) is 4.99 Å². The van der Waals surface area contributed by atoms with Crippen LogP contribution in [-0.2, 0) is 26.1 Å². The fraction of sp³-hybridized carbons (Fsp3) is 0.172. The molecule has 0 atom stereocenters. The Balaban J connectivity index is 1.27. The number of halogens is 2. The molecule has 1 aliphatic rings. The normalized spacial score (nSPS) is 13.5. The molecule has 36 heavy (non-hydrogen) atoms. The smallest absolute Gasteiger partial charge is 0.134 e. The summed E-state index contributed by atoms with van der Waals surface area (Å²) < 4.78 is 5.93. The number of rotatable bonds is 7. The maximum absolute atomic E-state index is 9.85. The van der Waals surface area contributed by atoms with E-state index in [9.17, 15) is 5.26 Å². The largest absolute Gasteiger partial charge is 0.489 e. The highest BCUT2D eigenvalue weighted by atomic mass is 35.5. The van der Waals surface area contributed by atoms with Crippen LogP contribution in [0, 0.1) is 11.3 Å². The molecule has 1 aliphatic heterocycles. The minimum atomic E-state index is 0.382. The van der Waals surface area contributed by atoms with Crippen LogP contribution in [0.1, 0.15) is 32.7 Å². The zero-order valence-electron chi connectivity index (χ0n) is 19.5. The molecule has 0 N–H and O–H groups in total. The third-order valence-corrected chi connectivity index (χ3v) is 7.92. The second-order valence-electron chi connectivity index (χ2n) is 8.61. The number of ether oxygens (including phenoxy) is 1. The molecule has 0 unspecified atom stereocenters. The first-order valence-corrected chi connectivity index (χ1v) is 13.2. The first kappa shape index (κ1) is 24.5. The summed E-state index contributed by atoms with van der Waals surface area (Å²) in [7, 11) is 0. The molecule has 7 heteroatoms. The van der Waals surface area contributed by atoms with Gasteiger partial charge in [0, 0.05) is 30.7 Å². The van der Waals surface area contributed by atoms with Gasteiger partial charge in [0.25, 0.3) is 0 Å². The van der Waals surface area contributed by atoms with E-state index in [1.54, 1.807) is 29.7 Å². The summed E-state index contributed by atoms with van der Waals surface area (Å²) in [6, 6.07) is 26.1. The topological polar surface area (TPSA) is 48.6 Å². The number of hydrogen-bond acceptors (Lipinski definition) is 5. The molecule has 2 heterocycles. The molecule has 0 radical (unpaired) electrons. The molecule has 180 valence electrons. The van der Waals surface area contributed by atoms with Crippen molar-refractivity contribution in [3.63, 3.8) is 0 Å². The van der Waals surface area contributed by atoms with Gasteiger partial charge in [-0.15, -0.1) is 11.3 Å². The van der Waals surface area contributed by atoms with Gasteiger partial charge >= 0.3 is 0 Å². The van der Waals surface area contributed by atoms with Crippen LogP contribution in [0.5, 0.6) is 5.75 Å². The number of nitriles is 1. The highest BCUT2D eigenvalue weighted by Crippen LogP contribution is 2.38. The van der Waals surface area contributed by atoms with Gasteiger partial charge in [-0.2, -0.15) is 5.26 Å². The molecule has 0 fully saturated rings. The van der Waals surface area contributed by atoms with E-state index < -0.39 is 0 Å². The van der Waals surface area contributed by atoms with E-state index in [0.717, 1.165) is 53.5 Å². The lowest BCUT2D eigenvalue weighted by molar-refractivity contribution is 0.249. The highest BCUT2D eigenvalue weighted by molar-refractivity contribution is 7.16. The van der Waals surface area contributed by atoms with Crippen molar-refractivity contribution in [1.82, 2.24) is 4.90 Å². The predicted molar refractivity (Wildman–Crippen MR) is 148 cm³/mol. The molecule has 4 nitrogen and oxygen atoms in total. The Bertz CT molecular complexity index is 1440. The molecule has 0 bridgehead atoms. The second-order valence-corrected chi connectivity index (χ2v) is 10.5. The van der Waals surface area contributed by atoms with Crippen LogP contribution in [0.2, 0.25) is 10.0 Å². The molecule has 3 aromatic carbocycles. The third-order valence-electron chi connectivity index (χ3n) is 6.06. The zero-order valence-corrected chi connectivity index (χ0v) is 21.8. The minimum absolute atomic E-state index is 0.382. The molecule has 0 aliphatic carbocycles. The first-order chi connectivity index (χ1) is 17.6. The Labute approximate surface area is 225 Å². The van der Waals surface area contributed by atoms with E-state index in [1.165, 1.54) is 10.4 Å².